The van der Waals surface area contributed by atoms with E-state index in [-0.39, 0.29) is 18.0 Å². The first-order valence-electron chi connectivity index (χ1n) is 6.52. The van der Waals surface area contributed by atoms with Crippen LogP contribution >= 0.6 is 0 Å². The second-order valence-corrected chi connectivity index (χ2v) is 4.41. The van der Waals surface area contributed by atoms with Crippen LogP contribution in [0.1, 0.15) is 18.5 Å². The summed E-state index contributed by atoms with van der Waals surface area (Å²) in [6, 6.07) is 4.67. The standard InChI is InChI=1S/C14H20FNO3/c1-3-16-14(13-9-18-6-7-19-13)11-5-4-10(17-2)8-12(11)15/h4-5,8,13-14,16H,3,6-7,9H2,1-2H3. The van der Waals surface area contributed by atoms with Crippen molar-refractivity contribution in [1.29, 1.82) is 0 Å². The molecular weight excluding hydrogens is 249 g/mol. The van der Waals surface area contributed by atoms with Gasteiger partial charge in [0.1, 0.15) is 17.7 Å². The number of ether oxygens (including phenoxy) is 3. The predicted octanol–water partition coefficient (Wildman–Crippen LogP) is 1.90. The van der Waals surface area contributed by atoms with Gasteiger partial charge in [0.05, 0.1) is 33.0 Å². The van der Waals surface area contributed by atoms with Crippen molar-refractivity contribution < 1.29 is 18.6 Å². The summed E-state index contributed by atoms with van der Waals surface area (Å²) >= 11 is 0. The largest absolute Gasteiger partial charge is 0.497 e. The minimum atomic E-state index is -0.292. The quantitative estimate of drug-likeness (QED) is 0.886. The summed E-state index contributed by atoms with van der Waals surface area (Å²) in [7, 11) is 1.52. The molecule has 0 aliphatic carbocycles. The van der Waals surface area contributed by atoms with Gasteiger partial charge in [-0.2, -0.15) is 0 Å². The molecule has 5 heteroatoms. The Kier molecular flexibility index (Phi) is 5.13. The topological polar surface area (TPSA) is 39.7 Å². The van der Waals surface area contributed by atoms with E-state index in [2.05, 4.69) is 5.32 Å². The Bertz CT molecular complexity index is 408. The zero-order valence-corrected chi connectivity index (χ0v) is 11.3. The van der Waals surface area contributed by atoms with Gasteiger partial charge in [-0.1, -0.05) is 13.0 Å². The molecule has 2 unspecified atom stereocenters. The van der Waals surface area contributed by atoms with Gasteiger partial charge in [0.25, 0.3) is 0 Å². The average molecular weight is 269 g/mol. The SMILES string of the molecule is CCNC(c1ccc(OC)cc1F)C1COCCO1. The van der Waals surface area contributed by atoms with Crippen molar-refractivity contribution in [1.82, 2.24) is 5.32 Å². The van der Waals surface area contributed by atoms with E-state index in [1.165, 1.54) is 13.2 Å². The molecule has 1 fully saturated rings. The molecule has 19 heavy (non-hydrogen) atoms. The lowest BCUT2D eigenvalue weighted by Gasteiger charge is -2.31. The molecule has 0 saturated carbocycles. The number of hydrogen-bond acceptors (Lipinski definition) is 4. The molecule has 2 rings (SSSR count). The van der Waals surface area contributed by atoms with Gasteiger partial charge in [0.15, 0.2) is 0 Å². The van der Waals surface area contributed by atoms with E-state index in [1.807, 2.05) is 6.92 Å². The van der Waals surface area contributed by atoms with E-state index in [4.69, 9.17) is 14.2 Å². The number of nitrogens with one attached hydrogen (secondary N) is 1. The van der Waals surface area contributed by atoms with E-state index in [1.54, 1.807) is 12.1 Å². The maximum atomic E-state index is 14.1. The first-order chi connectivity index (χ1) is 9.26. The van der Waals surface area contributed by atoms with E-state index < -0.39 is 0 Å². The summed E-state index contributed by atoms with van der Waals surface area (Å²) in [6.07, 6.45) is -0.170. The third-order valence-electron chi connectivity index (χ3n) is 3.18. The molecule has 0 spiro atoms. The van der Waals surface area contributed by atoms with Gasteiger partial charge in [-0.15, -0.1) is 0 Å². The van der Waals surface area contributed by atoms with Crippen LogP contribution in [-0.2, 0) is 9.47 Å². The van der Waals surface area contributed by atoms with E-state index in [9.17, 15) is 4.39 Å². The molecule has 1 aromatic rings. The minimum absolute atomic E-state index is 0.170. The summed E-state index contributed by atoms with van der Waals surface area (Å²) in [5.41, 5.74) is 0.582. The number of rotatable bonds is 5. The first kappa shape index (κ1) is 14.2. The maximum Gasteiger partial charge on any atom is 0.131 e. The molecule has 2 atom stereocenters. The van der Waals surface area contributed by atoms with Gasteiger partial charge < -0.3 is 19.5 Å². The normalized spacial score (nSPS) is 21.1. The van der Waals surface area contributed by atoms with Crippen molar-refractivity contribution in [3.8, 4) is 5.75 Å². The fraction of sp³-hybridized carbons (Fsp3) is 0.571. The molecule has 1 aliphatic heterocycles. The molecule has 1 aliphatic rings. The highest BCUT2D eigenvalue weighted by molar-refractivity contribution is 5.31. The Labute approximate surface area is 112 Å². The Morgan fingerprint density at radius 2 is 2.32 bits per heavy atom. The molecule has 0 amide bonds. The van der Waals surface area contributed by atoms with Crippen LogP contribution in [0.4, 0.5) is 4.39 Å². The fourth-order valence-corrected chi connectivity index (χ4v) is 2.25. The lowest BCUT2D eigenvalue weighted by molar-refractivity contribution is -0.102. The summed E-state index contributed by atoms with van der Waals surface area (Å²) in [6.45, 7) is 4.34. The zero-order chi connectivity index (χ0) is 13.7. The maximum absolute atomic E-state index is 14.1. The van der Waals surface area contributed by atoms with Crippen molar-refractivity contribution in [3.05, 3.63) is 29.6 Å². The molecule has 106 valence electrons. The summed E-state index contributed by atoms with van der Waals surface area (Å²) in [5, 5.41) is 3.26. The molecule has 1 aromatic carbocycles. The van der Waals surface area contributed by atoms with Crippen LogP contribution in [0.3, 0.4) is 0 Å². The van der Waals surface area contributed by atoms with Crippen LogP contribution in [-0.4, -0.2) is 39.6 Å². The molecule has 0 radical (unpaired) electrons. The van der Waals surface area contributed by atoms with Gasteiger partial charge in [-0.25, -0.2) is 4.39 Å². The van der Waals surface area contributed by atoms with Crippen molar-refractivity contribution in [2.75, 3.05) is 33.5 Å². The molecule has 4 nitrogen and oxygen atoms in total. The van der Waals surface area contributed by atoms with Crippen molar-refractivity contribution in [3.63, 3.8) is 0 Å². The Morgan fingerprint density at radius 3 is 2.89 bits per heavy atom. The van der Waals surface area contributed by atoms with Crippen LogP contribution in [0.5, 0.6) is 5.75 Å². The lowest BCUT2D eigenvalue weighted by Crippen LogP contribution is -2.41. The Balaban J connectivity index is 2.22. The third kappa shape index (κ3) is 3.43. The Morgan fingerprint density at radius 1 is 1.47 bits per heavy atom. The predicted molar refractivity (Wildman–Crippen MR) is 69.9 cm³/mol. The summed E-state index contributed by atoms with van der Waals surface area (Å²) in [4.78, 5) is 0. The van der Waals surface area contributed by atoms with E-state index >= 15 is 0 Å². The first-order valence-corrected chi connectivity index (χ1v) is 6.52. The zero-order valence-electron chi connectivity index (χ0n) is 11.3. The number of likely N-dealkylation sites (N-methyl/N-ethyl adjacent to an activating group) is 1. The van der Waals surface area contributed by atoms with Crippen LogP contribution in [0.15, 0.2) is 18.2 Å². The number of halogens is 1. The van der Waals surface area contributed by atoms with Gasteiger partial charge in [0, 0.05) is 11.6 Å². The molecular formula is C14H20FNO3. The highest BCUT2D eigenvalue weighted by atomic mass is 19.1. The smallest absolute Gasteiger partial charge is 0.131 e. The highest BCUT2D eigenvalue weighted by Crippen LogP contribution is 2.26. The highest BCUT2D eigenvalue weighted by Gasteiger charge is 2.28. The van der Waals surface area contributed by atoms with Crippen LogP contribution < -0.4 is 10.1 Å². The van der Waals surface area contributed by atoms with Crippen molar-refractivity contribution in [2.24, 2.45) is 0 Å². The van der Waals surface area contributed by atoms with Crippen LogP contribution in [0.25, 0.3) is 0 Å². The summed E-state index contributed by atoms with van der Waals surface area (Å²) < 4.78 is 30.2. The molecule has 1 N–H and O–H groups in total. The molecule has 0 bridgehead atoms. The molecule has 0 aromatic heterocycles. The van der Waals surface area contributed by atoms with Crippen molar-refractivity contribution in [2.45, 2.75) is 19.1 Å². The number of hydrogen-bond donors (Lipinski definition) is 1. The molecule has 1 saturated heterocycles. The van der Waals surface area contributed by atoms with Crippen LogP contribution in [0.2, 0.25) is 0 Å². The second-order valence-electron chi connectivity index (χ2n) is 4.41. The fourth-order valence-electron chi connectivity index (χ4n) is 2.25. The Hall–Kier alpha value is -1.17. The van der Waals surface area contributed by atoms with Crippen molar-refractivity contribution >= 4 is 0 Å². The van der Waals surface area contributed by atoms with Gasteiger partial charge in [-0.3, -0.25) is 0 Å². The number of methoxy groups -OCH3 is 1. The number of benzene rings is 1. The van der Waals surface area contributed by atoms with Gasteiger partial charge in [-0.05, 0) is 12.6 Å². The minimum Gasteiger partial charge on any atom is -0.497 e. The molecule has 1 heterocycles. The monoisotopic (exact) mass is 269 g/mol. The van der Waals surface area contributed by atoms with E-state index in [0.717, 1.165) is 6.54 Å². The average Bonchev–Trinajstić information content (AvgIpc) is 2.46. The van der Waals surface area contributed by atoms with Gasteiger partial charge >= 0.3 is 0 Å². The summed E-state index contributed by atoms with van der Waals surface area (Å²) in [5.74, 6) is 0.219. The van der Waals surface area contributed by atoms with E-state index in [0.29, 0.717) is 31.1 Å². The van der Waals surface area contributed by atoms with Gasteiger partial charge in [0.2, 0.25) is 0 Å². The third-order valence-corrected chi connectivity index (χ3v) is 3.18. The second kappa shape index (κ2) is 6.84. The lowest BCUT2D eigenvalue weighted by atomic mass is 10.00. The van der Waals surface area contributed by atoms with Crippen LogP contribution in [0, 0.1) is 5.82 Å².